The Morgan fingerprint density at radius 1 is 1.21 bits per heavy atom. The van der Waals surface area contributed by atoms with Crippen molar-refractivity contribution in [3.05, 3.63) is 36.0 Å². The minimum Gasteiger partial charge on any atom is -0.334 e. The van der Waals surface area contributed by atoms with E-state index < -0.39 is 0 Å². The summed E-state index contributed by atoms with van der Waals surface area (Å²) in [6.45, 7) is 4.41. The maximum atomic E-state index is 12.3. The van der Waals surface area contributed by atoms with Crippen molar-refractivity contribution in [3.63, 3.8) is 0 Å². The molecule has 2 aromatic rings. The van der Waals surface area contributed by atoms with Crippen molar-refractivity contribution in [1.82, 2.24) is 4.57 Å². The van der Waals surface area contributed by atoms with Crippen molar-refractivity contribution in [2.45, 2.75) is 51.5 Å². The minimum absolute atomic E-state index is 0.0612. The number of Topliss-reactive ketones (excluding diaryl/α,β-unsaturated/α-hetero) is 1. The lowest BCUT2D eigenvalue weighted by Gasteiger charge is -2.26. The normalized spacial score (nSPS) is 20.4. The number of carbonyl (C=O) groups excluding carboxylic acids is 1. The Balaban J connectivity index is 2.19. The van der Waals surface area contributed by atoms with Gasteiger partial charge in [-0.05, 0) is 36.3 Å². The molecule has 0 saturated heterocycles. The summed E-state index contributed by atoms with van der Waals surface area (Å²) < 4.78 is 2.31. The first-order valence-electron chi connectivity index (χ1n) is 7.31. The fourth-order valence-electron chi connectivity index (χ4n) is 3.23. The number of aromatic nitrogens is 1. The van der Waals surface area contributed by atoms with Crippen LogP contribution in [0.4, 0.5) is 0 Å². The van der Waals surface area contributed by atoms with Gasteiger partial charge in [-0.1, -0.05) is 38.5 Å². The Bertz CT molecular complexity index is 609. The first kappa shape index (κ1) is 12.5. The van der Waals surface area contributed by atoms with Gasteiger partial charge in [0.25, 0.3) is 0 Å². The average molecular weight is 255 g/mol. The SMILES string of the molecule is CC(C)c1cc2ccccc2n1C1CCCCC1=O. The van der Waals surface area contributed by atoms with Gasteiger partial charge in [0.1, 0.15) is 0 Å². The molecule has 1 heterocycles. The molecular formula is C17H21NO. The largest absolute Gasteiger partial charge is 0.334 e. The van der Waals surface area contributed by atoms with Crippen LogP contribution in [0.5, 0.6) is 0 Å². The number of benzene rings is 1. The topological polar surface area (TPSA) is 22.0 Å². The van der Waals surface area contributed by atoms with Crippen LogP contribution >= 0.6 is 0 Å². The van der Waals surface area contributed by atoms with Crippen LogP contribution in [0.25, 0.3) is 10.9 Å². The third kappa shape index (κ3) is 2.09. The van der Waals surface area contributed by atoms with E-state index in [1.54, 1.807) is 0 Å². The van der Waals surface area contributed by atoms with Gasteiger partial charge in [-0.25, -0.2) is 0 Å². The van der Waals surface area contributed by atoms with E-state index in [9.17, 15) is 4.79 Å². The monoisotopic (exact) mass is 255 g/mol. The molecule has 1 atom stereocenters. The van der Waals surface area contributed by atoms with Crippen LogP contribution in [0.1, 0.15) is 57.2 Å². The number of para-hydroxylation sites is 1. The van der Waals surface area contributed by atoms with Gasteiger partial charge in [-0.2, -0.15) is 0 Å². The Hall–Kier alpha value is -1.57. The second-order valence-electron chi connectivity index (χ2n) is 5.88. The molecule has 1 aromatic heterocycles. The van der Waals surface area contributed by atoms with E-state index in [1.807, 2.05) is 0 Å². The van der Waals surface area contributed by atoms with Gasteiger partial charge < -0.3 is 4.57 Å². The molecule has 0 radical (unpaired) electrons. The van der Waals surface area contributed by atoms with Gasteiger partial charge in [0.2, 0.25) is 0 Å². The van der Waals surface area contributed by atoms with E-state index in [2.05, 4.69) is 48.7 Å². The molecule has 1 fully saturated rings. The zero-order chi connectivity index (χ0) is 13.4. The van der Waals surface area contributed by atoms with Crippen LogP contribution in [-0.2, 0) is 4.79 Å². The van der Waals surface area contributed by atoms with E-state index in [4.69, 9.17) is 0 Å². The summed E-state index contributed by atoms with van der Waals surface area (Å²) in [5.41, 5.74) is 2.51. The van der Waals surface area contributed by atoms with Crippen molar-refractivity contribution in [2.75, 3.05) is 0 Å². The fraction of sp³-hybridized carbons (Fsp3) is 0.471. The molecule has 1 saturated carbocycles. The van der Waals surface area contributed by atoms with Gasteiger partial charge >= 0.3 is 0 Å². The number of fused-ring (bicyclic) bond motifs is 1. The van der Waals surface area contributed by atoms with Gasteiger partial charge in [-0.3, -0.25) is 4.79 Å². The molecule has 0 amide bonds. The van der Waals surface area contributed by atoms with E-state index in [-0.39, 0.29) is 6.04 Å². The molecule has 1 aliphatic rings. The van der Waals surface area contributed by atoms with Crippen molar-refractivity contribution in [1.29, 1.82) is 0 Å². The summed E-state index contributed by atoms with van der Waals surface area (Å²) in [6.07, 6.45) is 3.97. The molecular weight excluding hydrogens is 234 g/mol. The van der Waals surface area contributed by atoms with E-state index >= 15 is 0 Å². The lowest BCUT2D eigenvalue weighted by Crippen LogP contribution is -2.24. The summed E-state index contributed by atoms with van der Waals surface area (Å²) >= 11 is 0. The molecule has 2 nitrogen and oxygen atoms in total. The van der Waals surface area contributed by atoms with Crippen LogP contribution in [0.3, 0.4) is 0 Å². The molecule has 1 aromatic carbocycles. The molecule has 100 valence electrons. The Morgan fingerprint density at radius 2 is 2.00 bits per heavy atom. The lowest BCUT2D eigenvalue weighted by molar-refractivity contribution is -0.123. The number of carbonyl (C=O) groups is 1. The number of hydrogen-bond donors (Lipinski definition) is 0. The fourth-order valence-corrected chi connectivity index (χ4v) is 3.23. The van der Waals surface area contributed by atoms with E-state index in [1.165, 1.54) is 23.0 Å². The minimum atomic E-state index is 0.0612. The molecule has 19 heavy (non-hydrogen) atoms. The average Bonchev–Trinajstić information content (AvgIpc) is 2.79. The molecule has 0 aliphatic heterocycles. The van der Waals surface area contributed by atoms with E-state index in [0.29, 0.717) is 11.7 Å². The van der Waals surface area contributed by atoms with Crippen LogP contribution in [0.15, 0.2) is 30.3 Å². The quantitative estimate of drug-likeness (QED) is 0.777. The third-order valence-electron chi connectivity index (χ3n) is 4.20. The summed E-state index contributed by atoms with van der Waals surface area (Å²) in [5.74, 6) is 0.858. The zero-order valence-electron chi connectivity index (χ0n) is 11.7. The standard InChI is InChI=1S/C17H21NO/c1-12(2)16-11-13-7-3-4-8-14(13)18(16)15-9-5-6-10-17(15)19/h3-4,7-8,11-12,15H,5-6,9-10H2,1-2H3. The van der Waals surface area contributed by atoms with Crippen LogP contribution in [-0.4, -0.2) is 10.4 Å². The highest BCUT2D eigenvalue weighted by atomic mass is 16.1. The number of ketones is 1. The van der Waals surface area contributed by atoms with E-state index in [0.717, 1.165) is 19.3 Å². The molecule has 0 N–H and O–H groups in total. The van der Waals surface area contributed by atoms with Crippen LogP contribution in [0, 0.1) is 0 Å². The highest BCUT2D eigenvalue weighted by molar-refractivity contribution is 5.88. The smallest absolute Gasteiger partial charge is 0.155 e. The molecule has 1 unspecified atom stereocenters. The van der Waals surface area contributed by atoms with Gasteiger partial charge in [0, 0.05) is 17.6 Å². The van der Waals surface area contributed by atoms with Gasteiger partial charge in [0.05, 0.1) is 6.04 Å². The Kier molecular flexibility index (Phi) is 3.17. The Labute approximate surface area is 114 Å². The first-order valence-corrected chi connectivity index (χ1v) is 7.31. The summed E-state index contributed by atoms with van der Waals surface area (Å²) in [4.78, 5) is 12.3. The van der Waals surface area contributed by atoms with Crippen molar-refractivity contribution >= 4 is 16.7 Å². The van der Waals surface area contributed by atoms with Crippen molar-refractivity contribution < 1.29 is 4.79 Å². The van der Waals surface area contributed by atoms with Crippen molar-refractivity contribution in [2.24, 2.45) is 0 Å². The number of rotatable bonds is 2. The van der Waals surface area contributed by atoms with Crippen LogP contribution in [0.2, 0.25) is 0 Å². The molecule has 2 heteroatoms. The number of hydrogen-bond acceptors (Lipinski definition) is 1. The summed E-state index contributed by atoms with van der Waals surface area (Å²) in [7, 11) is 0. The molecule has 1 aliphatic carbocycles. The predicted octanol–water partition coefficient (Wildman–Crippen LogP) is 4.45. The van der Waals surface area contributed by atoms with Gasteiger partial charge in [0.15, 0.2) is 5.78 Å². The maximum absolute atomic E-state index is 12.3. The third-order valence-corrected chi connectivity index (χ3v) is 4.20. The maximum Gasteiger partial charge on any atom is 0.155 e. The van der Waals surface area contributed by atoms with Crippen molar-refractivity contribution in [3.8, 4) is 0 Å². The van der Waals surface area contributed by atoms with Gasteiger partial charge in [-0.15, -0.1) is 0 Å². The molecule has 0 bridgehead atoms. The first-order chi connectivity index (χ1) is 9.18. The predicted molar refractivity (Wildman–Crippen MR) is 78.5 cm³/mol. The second kappa shape index (κ2) is 4.84. The second-order valence-corrected chi connectivity index (χ2v) is 5.88. The molecule has 3 rings (SSSR count). The summed E-state index contributed by atoms with van der Waals surface area (Å²) in [5, 5.41) is 1.25. The highest BCUT2D eigenvalue weighted by Gasteiger charge is 2.27. The lowest BCUT2D eigenvalue weighted by atomic mass is 9.93. The molecule has 0 spiro atoms. The van der Waals surface area contributed by atoms with Crippen LogP contribution < -0.4 is 0 Å². The Morgan fingerprint density at radius 3 is 2.74 bits per heavy atom. The number of nitrogens with zero attached hydrogens (tertiary/aromatic N) is 1. The highest BCUT2D eigenvalue weighted by Crippen LogP contribution is 2.34. The summed E-state index contributed by atoms with van der Waals surface area (Å²) in [6, 6.07) is 10.7. The zero-order valence-corrected chi connectivity index (χ0v) is 11.7.